The molecule has 1 N–H and O–H groups in total. The second-order valence-electron chi connectivity index (χ2n) is 3.67. The molecule has 1 aromatic rings. The Hall–Kier alpha value is -0.210. The summed E-state index contributed by atoms with van der Waals surface area (Å²) in [5.41, 5.74) is 0. The van der Waals surface area contributed by atoms with Crippen molar-refractivity contribution in [1.82, 2.24) is 4.72 Å². The van der Waals surface area contributed by atoms with E-state index in [0.717, 1.165) is 0 Å². The summed E-state index contributed by atoms with van der Waals surface area (Å²) in [7, 11) is -2.32. The lowest BCUT2D eigenvalue weighted by Crippen LogP contribution is -2.18. The fourth-order valence-electron chi connectivity index (χ4n) is 1.40. The lowest BCUT2D eigenvalue weighted by atomic mass is 10.3. The maximum absolute atomic E-state index is 11.7. The SMILES string of the molecule is CCOP(=S)(OCC)Oc1ccc(S(=O)(=O)NC)c(Cl)c1. The predicted molar refractivity (Wildman–Crippen MR) is 85.9 cm³/mol. The van der Waals surface area contributed by atoms with Gasteiger partial charge in [-0.15, -0.1) is 0 Å². The Morgan fingerprint density at radius 2 is 1.86 bits per heavy atom. The number of sulfonamides is 1. The first-order chi connectivity index (χ1) is 9.78. The molecule has 120 valence electrons. The molecule has 0 aromatic heterocycles. The zero-order valence-electron chi connectivity index (χ0n) is 11.8. The highest BCUT2D eigenvalue weighted by molar-refractivity contribution is 8.07. The van der Waals surface area contributed by atoms with Gasteiger partial charge in [-0.1, -0.05) is 11.6 Å². The largest absolute Gasteiger partial charge is 0.424 e. The Morgan fingerprint density at radius 3 is 2.29 bits per heavy atom. The molecule has 0 amide bonds. The highest BCUT2D eigenvalue weighted by Crippen LogP contribution is 2.50. The van der Waals surface area contributed by atoms with Crippen LogP contribution in [0.1, 0.15) is 13.8 Å². The summed E-state index contributed by atoms with van der Waals surface area (Å²) in [5.74, 6) is 0.292. The molecule has 10 heteroatoms. The van der Waals surface area contributed by atoms with Gasteiger partial charge in [-0.3, -0.25) is 9.05 Å². The molecule has 0 radical (unpaired) electrons. The summed E-state index contributed by atoms with van der Waals surface area (Å²) in [4.78, 5) is -0.0415. The highest BCUT2D eigenvalue weighted by Gasteiger charge is 2.23. The Bertz CT molecular complexity index is 628. The minimum absolute atomic E-state index is 0.0244. The third-order valence-electron chi connectivity index (χ3n) is 2.25. The van der Waals surface area contributed by atoms with Crippen LogP contribution >= 0.6 is 18.3 Å². The van der Waals surface area contributed by atoms with E-state index in [1.54, 1.807) is 13.8 Å². The third kappa shape index (κ3) is 5.17. The maximum atomic E-state index is 11.7. The fourth-order valence-corrected chi connectivity index (χ4v) is 4.73. The molecule has 21 heavy (non-hydrogen) atoms. The number of benzene rings is 1. The second-order valence-corrected chi connectivity index (χ2v) is 8.87. The van der Waals surface area contributed by atoms with E-state index in [4.69, 9.17) is 37.0 Å². The molecule has 1 aromatic carbocycles. The van der Waals surface area contributed by atoms with Crippen molar-refractivity contribution in [3.8, 4) is 5.75 Å². The van der Waals surface area contributed by atoms with Crippen LogP contribution in [0.4, 0.5) is 0 Å². The van der Waals surface area contributed by atoms with Gasteiger partial charge in [-0.2, -0.15) is 0 Å². The summed E-state index contributed by atoms with van der Waals surface area (Å²) in [6, 6.07) is 4.15. The molecular weight excluding hydrogens is 357 g/mol. The number of hydrogen-bond acceptors (Lipinski definition) is 6. The fraction of sp³-hybridized carbons (Fsp3) is 0.455. The third-order valence-corrected chi connectivity index (χ3v) is 6.59. The summed E-state index contributed by atoms with van der Waals surface area (Å²) in [6.07, 6.45) is 0. The Morgan fingerprint density at radius 1 is 1.29 bits per heavy atom. The first-order valence-corrected chi connectivity index (χ1v) is 10.5. The van der Waals surface area contributed by atoms with Gasteiger partial charge in [-0.25, -0.2) is 13.1 Å². The van der Waals surface area contributed by atoms with E-state index in [-0.39, 0.29) is 9.92 Å². The first kappa shape index (κ1) is 18.8. The van der Waals surface area contributed by atoms with E-state index in [9.17, 15) is 8.42 Å². The van der Waals surface area contributed by atoms with Crippen molar-refractivity contribution >= 4 is 40.1 Å². The normalized spacial score (nSPS) is 12.4. The number of halogens is 1. The molecule has 0 fully saturated rings. The standard InChI is InChI=1S/C11H17ClNO5PS2/c1-4-16-19(20,17-5-2)18-9-6-7-11(10(12)8-9)21(14,15)13-3/h6-8,13H,4-5H2,1-3H3. The van der Waals surface area contributed by atoms with Crippen molar-refractivity contribution in [3.05, 3.63) is 23.2 Å². The molecule has 6 nitrogen and oxygen atoms in total. The summed E-state index contributed by atoms with van der Waals surface area (Å²) < 4.78 is 41.9. The molecule has 0 aliphatic rings. The first-order valence-electron chi connectivity index (χ1n) is 6.09. The van der Waals surface area contributed by atoms with Crippen molar-refractivity contribution < 1.29 is 22.0 Å². The van der Waals surface area contributed by atoms with E-state index in [2.05, 4.69) is 4.72 Å². The molecule has 0 aliphatic carbocycles. The van der Waals surface area contributed by atoms with Crippen LogP contribution in [0.15, 0.2) is 23.1 Å². The lowest BCUT2D eigenvalue weighted by molar-refractivity contribution is 0.218. The maximum Gasteiger partial charge on any atom is 0.380 e. The van der Waals surface area contributed by atoms with Crippen LogP contribution in [-0.2, 0) is 30.9 Å². The molecule has 0 aliphatic heterocycles. The second kappa shape index (κ2) is 7.87. The van der Waals surface area contributed by atoms with E-state index in [0.29, 0.717) is 19.0 Å². The number of hydrogen-bond donors (Lipinski definition) is 1. The minimum atomic E-state index is -3.63. The molecule has 0 unspecified atom stereocenters. The van der Waals surface area contributed by atoms with Crippen LogP contribution in [0.3, 0.4) is 0 Å². The van der Waals surface area contributed by atoms with Gasteiger partial charge in [0.2, 0.25) is 10.0 Å². The van der Waals surface area contributed by atoms with E-state index < -0.39 is 16.7 Å². The van der Waals surface area contributed by atoms with Crippen LogP contribution in [0, 0.1) is 0 Å². The molecule has 0 heterocycles. The molecule has 0 bridgehead atoms. The summed E-state index contributed by atoms with van der Waals surface area (Å²) >= 11 is 11.2. The van der Waals surface area contributed by atoms with E-state index in [1.807, 2.05) is 0 Å². The average Bonchev–Trinajstić information content (AvgIpc) is 2.38. The van der Waals surface area contributed by atoms with Gasteiger partial charge in [0.05, 0.1) is 18.2 Å². The lowest BCUT2D eigenvalue weighted by Gasteiger charge is -2.21. The molecule has 1 rings (SSSR count). The van der Waals surface area contributed by atoms with Crippen LogP contribution in [-0.4, -0.2) is 28.7 Å². The average molecular weight is 374 g/mol. The molecular formula is C11H17ClNO5PS2. The summed E-state index contributed by atoms with van der Waals surface area (Å²) in [6.45, 7) is 1.33. The highest BCUT2D eigenvalue weighted by atomic mass is 35.5. The van der Waals surface area contributed by atoms with E-state index in [1.165, 1.54) is 25.2 Å². The van der Waals surface area contributed by atoms with Gasteiger partial charge in [0.25, 0.3) is 0 Å². The Kier molecular flexibility index (Phi) is 7.06. The smallest absolute Gasteiger partial charge is 0.380 e. The van der Waals surface area contributed by atoms with Gasteiger partial charge in [0.15, 0.2) is 0 Å². The molecule has 0 atom stereocenters. The van der Waals surface area contributed by atoms with Crippen molar-refractivity contribution in [2.45, 2.75) is 18.7 Å². The van der Waals surface area contributed by atoms with Gasteiger partial charge in [0, 0.05) is 17.9 Å². The van der Waals surface area contributed by atoms with Crippen LogP contribution in [0.25, 0.3) is 0 Å². The number of rotatable bonds is 8. The quantitative estimate of drug-likeness (QED) is 0.706. The van der Waals surface area contributed by atoms with Crippen LogP contribution in [0.2, 0.25) is 5.02 Å². The van der Waals surface area contributed by atoms with Gasteiger partial charge in [-0.05, 0) is 33.0 Å². The molecule has 0 saturated carbocycles. The Labute approximate surface area is 135 Å². The van der Waals surface area contributed by atoms with Gasteiger partial charge < -0.3 is 4.52 Å². The zero-order valence-corrected chi connectivity index (χ0v) is 15.1. The molecule has 0 saturated heterocycles. The van der Waals surface area contributed by atoms with Crippen molar-refractivity contribution in [3.63, 3.8) is 0 Å². The predicted octanol–water partition coefficient (Wildman–Crippen LogP) is 2.92. The van der Waals surface area contributed by atoms with Crippen molar-refractivity contribution in [2.24, 2.45) is 0 Å². The summed E-state index contributed by atoms with van der Waals surface area (Å²) in [5, 5.41) is 0.0244. The van der Waals surface area contributed by atoms with Crippen LogP contribution in [0.5, 0.6) is 5.75 Å². The van der Waals surface area contributed by atoms with Crippen molar-refractivity contribution in [2.75, 3.05) is 20.3 Å². The Balaban J connectivity index is 3.07. The number of nitrogens with one attached hydrogen (secondary N) is 1. The van der Waals surface area contributed by atoms with E-state index >= 15 is 0 Å². The monoisotopic (exact) mass is 373 g/mol. The van der Waals surface area contributed by atoms with Crippen molar-refractivity contribution in [1.29, 1.82) is 0 Å². The molecule has 0 spiro atoms. The van der Waals surface area contributed by atoms with Crippen LogP contribution < -0.4 is 9.25 Å². The van der Waals surface area contributed by atoms with Gasteiger partial charge >= 0.3 is 6.72 Å². The topological polar surface area (TPSA) is 73.9 Å². The minimum Gasteiger partial charge on any atom is -0.424 e. The zero-order chi connectivity index (χ0) is 16.1. The van der Waals surface area contributed by atoms with Gasteiger partial charge in [0.1, 0.15) is 10.6 Å².